The lowest BCUT2D eigenvalue weighted by atomic mass is 9.96. The predicted octanol–water partition coefficient (Wildman–Crippen LogP) is 3.19. The minimum absolute atomic E-state index is 0.0524. The largest absolute Gasteiger partial charge is 0.496 e. The van der Waals surface area contributed by atoms with Crippen molar-refractivity contribution in [3.8, 4) is 5.75 Å². The van der Waals surface area contributed by atoms with Gasteiger partial charge in [0.2, 0.25) is 0 Å². The van der Waals surface area contributed by atoms with Crippen LogP contribution in [0.4, 0.5) is 0 Å². The van der Waals surface area contributed by atoms with E-state index in [1.54, 1.807) is 7.11 Å². The second-order valence-corrected chi connectivity index (χ2v) is 7.24. The highest BCUT2D eigenvalue weighted by atomic mass is 16.5. The van der Waals surface area contributed by atoms with Crippen molar-refractivity contribution in [1.29, 1.82) is 0 Å². The summed E-state index contributed by atoms with van der Waals surface area (Å²) in [7, 11) is 1.63. The van der Waals surface area contributed by atoms with Gasteiger partial charge in [0.05, 0.1) is 13.0 Å². The molecule has 28 heavy (non-hydrogen) atoms. The zero-order chi connectivity index (χ0) is 19.7. The molecular weight excluding hydrogens is 352 g/mol. The van der Waals surface area contributed by atoms with E-state index in [2.05, 4.69) is 21.5 Å². The molecule has 1 amide bonds. The maximum atomic E-state index is 12.9. The smallest absolute Gasteiger partial charge is 0.254 e. The van der Waals surface area contributed by atoms with Crippen molar-refractivity contribution in [3.63, 3.8) is 0 Å². The number of aryl methyl sites for hydroxylation is 1. The molecule has 0 atom stereocenters. The monoisotopic (exact) mass is 376 g/mol. The number of hydrogen-bond donors (Lipinski definition) is 0. The zero-order valence-corrected chi connectivity index (χ0v) is 16.4. The molecule has 0 spiro atoms. The van der Waals surface area contributed by atoms with Gasteiger partial charge in [-0.15, -0.1) is 0 Å². The van der Waals surface area contributed by atoms with Crippen molar-refractivity contribution in [2.75, 3.05) is 20.2 Å². The number of ether oxygens (including phenoxy) is 1. The number of nitrogens with zero attached hydrogens (tertiary/aromatic N) is 4. The van der Waals surface area contributed by atoms with E-state index >= 15 is 0 Å². The maximum Gasteiger partial charge on any atom is 0.254 e. The van der Waals surface area contributed by atoms with Crippen LogP contribution in [-0.4, -0.2) is 45.5 Å². The van der Waals surface area contributed by atoms with Crippen LogP contribution in [0.25, 0.3) is 0 Å². The molecule has 1 fully saturated rings. The number of amides is 1. The van der Waals surface area contributed by atoms with Gasteiger partial charge in [-0.2, -0.15) is 0 Å². The van der Waals surface area contributed by atoms with E-state index in [0.29, 0.717) is 18.7 Å². The third-order valence-electron chi connectivity index (χ3n) is 5.44. The summed E-state index contributed by atoms with van der Waals surface area (Å²) in [6.45, 7) is 6.13. The molecule has 0 N–H and O–H groups in total. The molecular formula is C22H24N4O2. The third kappa shape index (κ3) is 3.26. The molecule has 0 aliphatic carbocycles. The average molecular weight is 376 g/mol. The molecule has 0 unspecified atom stereocenters. The van der Waals surface area contributed by atoms with Gasteiger partial charge in [-0.25, -0.2) is 4.98 Å². The molecule has 3 aromatic rings. The fourth-order valence-electron chi connectivity index (χ4n) is 3.73. The summed E-state index contributed by atoms with van der Waals surface area (Å²) in [6.07, 6.45) is 5.52. The predicted molar refractivity (Wildman–Crippen MR) is 107 cm³/mol. The number of likely N-dealkylation sites (tertiary alicyclic amines) is 1. The molecule has 6 heteroatoms. The quantitative estimate of drug-likeness (QED) is 0.686. The van der Waals surface area contributed by atoms with Crippen LogP contribution in [0.1, 0.15) is 38.9 Å². The van der Waals surface area contributed by atoms with Crippen molar-refractivity contribution in [2.24, 2.45) is 0 Å². The first kappa shape index (κ1) is 18.2. The Morgan fingerprint density at radius 2 is 1.93 bits per heavy atom. The number of carbonyl (C=O) groups is 1. The van der Waals surface area contributed by atoms with Gasteiger partial charge in [-0.1, -0.05) is 6.07 Å². The van der Waals surface area contributed by atoms with Crippen LogP contribution >= 0.6 is 0 Å². The van der Waals surface area contributed by atoms with Crippen molar-refractivity contribution < 1.29 is 9.53 Å². The number of methoxy groups -OCH3 is 1. The van der Waals surface area contributed by atoms with Gasteiger partial charge >= 0.3 is 0 Å². The summed E-state index contributed by atoms with van der Waals surface area (Å²) in [5.74, 6) is 2.09. The first-order chi connectivity index (χ1) is 13.6. The topological polar surface area (TPSA) is 60.2 Å². The zero-order valence-electron chi connectivity index (χ0n) is 16.4. The van der Waals surface area contributed by atoms with Gasteiger partial charge in [0.15, 0.2) is 0 Å². The fourth-order valence-corrected chi connectivity index (χ4v) is 3.73. The summed E-state index contributed by atoms with van der Waals surface area (Å²) in [5.41, 5.74) is 3.90. The maximum absolute atomic E-state index is 12.9. The van der Waals surface area contributed by atoms with E-state index < -0.39 is 0 Å². The fraction of sp³-hybridized carbons (Fsp3) is 0.318. The number of carbonyl (C=O) groups excluding carboxylic acids is 1. The van der Waals surface area contributed by atoms with E-state index in [9.17, 15) is 4.79 Å². The van der Waals surface area contributed by atoms with Crippen molar-refractivity contribution in [2.45, 2.75) is 26.3 Å². The number of benzene rings is 1. The Balaban J connectivity index is 1.48. The van der Waals surface area contributed by atoms with Crippen LogP contribution < -0.4 is 4.74 Å². The molecule has 6 nitrogen and oxygen atoms in total. The van der Waals surface area contributed by atoms with Crippen molar-refractivity contribution >= 4 is 5.91 Å². The molecule has 144 valence electrons. The molecule has 4 rings (SSSR count). The summed E-state index contributed by atoms with van der Waals surface area (Å²) >= 11 is 0. The van der Waals surface area contributed by atoms with Crippen LogP contribution in [0.2, 0.25) is 0 Å². The molecule has 1 aromatic carbocycles. The molecule has 1 saturated heterocycles. The average Bonchev–Trinajstić information content (AvgIpc) is 3.02. The van der Waals surface area contributed by atoms with Crippen LogP contribution in [0.5, 0.6) is 5.75 Å². The van der Waals surface area contributed by atoms with E-state index in [-0.39, 0.29) is 11.8 Å². The van der Waals surface area contributed by atoms with Gasteiger partial charge < -0.3 is 14.2 Å². The van der Waals surface area contributed by atoms with Crippen molar-refractivity contribution in [1.82, 2.24) is 19.4 Å². The number of pyridine rings is 1. The Bertz CT molecular complexity index is 991. The van der Waals surface area contributed by atoms with Crippen LogP contribution in [0, 0.1) is 13.8 Å². The Hall–Kier alpha value is -3.15. The highest BCUT2D eigenvalue weighted by molar-refractivity contribution is 5.96. The number of hydrogen-bond acceptors (Lipinski definition) is 4. The highest BCUT2D eigenvalue weighted by Gasteiger charge is 2.35. The SMILES string of the molecule is COc1cccc(C(=O)N2CC(c3ncc(C)n3Cc3ccncc3)C2)c1C. The molecule has 3 heterocycles. The molecule has 2 aromatic heterocycles. The van der Waals surface area contributed by atoms with Crippen molar-refractivity contribution in [3.05, 3.63) is 77.1 Å². The molecule has 0 saturated carbocycles. The molecule has 1 aliphatic rings. The van der Waals surface area contributed by atoms with Crippen LogP contribution in [-0.2, 0) is 6.54 Å². The lowest BCUT2D eigenvalue weighted by Gasteiger charge is -2.39. The first-order valence-electron chi connectivity index (χ1n) is 9.42. The highest BCUT2D eigenvalue weighted by Crippen LogP contribution is 2.30. The van der Waals surface area contributed by atoms with E-state index in [1.807, 2.05) is 60.7 Å². The Kier molecular flexibility index (Phi) is 4.86. The van der Waals surface area contributed by atoms with E-state index in [0.717, 1.165) is 29.4 Å². The van der Waals surface area contributed by atoms with Crippen LogP contribution in [0.3, 0.4) is 0 Å². The number of rotatable bonds is 5. The minimum atomic E-state index is 0.0524. The first-order valence-corrected chi connectivity index (χ1v) is 9.42. The standard InChI is InChI=1S/C22H24N4O2/c1-15-11-24-21(26(15)12-17-7-9-23-10-8-17)18-13-25(14-18)22(27)19-5-4-6-20(28-3)16(19)2/h4-11,18H,12-14H2,1-3H3. The minimum Gasteiger partial charge on any atom is -0.496 e. The summed E-state index contributed by atoms with van der Waals surface area (Å²) in [6, 6.07) is 9.64. The third-order valence-corrected chi connectivity index (χ3v) is 5.44. The van der Waals surface area contributed by atoms with E-state index in [1.165, 1.54) is 5.56 Å². The Morgan fingerprint density at radius 1 is 1.18 bits per heavy atom. The summed E-state index contributed by atoms with van der Waals surface area (Å²) in [4.78, 5) is 23.5. The van der Waals surface area contributed by atoms with Crippen LogP contribution in [0.15, 0.2) is 48.9 Å². The molecule has 0 bridgehead atoms. The van der Waals surface area contributed by atoms with Gasteiger partial charge in [0.25, 0.3) is 5.91 Å². The molecule has 1 aliphatic heterocycles. The lowest BCUT2D eigenvalue weighted by Crippen LogP contribution is -2.49. The second kappa shape index (κ2) is 7.46. The number of imidazole rings is 1. The van der Waals surface area contributed by atoms with Gasteiger partial charge in [0, 0.05) is 55.0 Å². The Labute approximate surface area is 164 Å². The summed E-state index contributed by atoms with van der Waals surface area (Å²) < 4.78 is 7.58. The van der Waals surface area contributed by atoms with Gasteiger partial charge in [-0.3, -0.25) is 9.78 Å². The summed E-state index contributed by atoms with van der Waals surface area (Å²) in [5, 5.41) is 0. The molecule has 0 radical (unpaired) electrons. The Morgan fingerprint density at radius 3 is 2.64 bits per heavy atom. The second-order valence-electron chi connectivity index (χ2n) is 7.24. The lowest BCUT2D eigenvalue weighted by molar-refractivity contribution is 0.0590. The van der Waals surface area contributed by atoms with E-state index in [4.69, 9.17) is 4.74 Å². The number of aromatic nitrogens is 3. The van der Waals surface area contributed by atoms with Gasteiger partial charge in [-0.05, 0) is 43.7 Å². The normalized spacial score (nSPS) is 14.0. The van der Waals surface area contributed by atoms with Gasteiger partial charge in [0.1, 0.15) is 11.6 Å².